The smallest absolute Gasteiger partial charge is 0.249 e. The molecule has 0 bridgehead atoms. The Morgan fingerprint density at radius 1 is 0.983 bits per heavy atom. The lowest BCUT2D eigenvalue weighted by Crippen LogP contribution is -2.66. The molecule has 3 aromatic carbocycles. The molecule has 8 rings (SSSR count). The molecule has 4 aliphatic rings. The molecule has 4 heterocycles. The number of anilines is 2. The van der Waals surface area contributed by atoms with Crippen LogP contribution in [-0.2, 0) is 26.3 Å². The SMILES string of the molecule is C=C(c1cc(NC2CCC(Oc3ccc(C(C)(C)c4ccc(OCc5ccnc(N6CC7(COC7)C6)n5)cc4)cc3)CC2)ccc1C=O)N(C)C1CCC(=O)NC1=O. The van der Waals surface area contributed by atoms with Gasteiger partial charge in [-0.05, 0) is 91.8 Å². The minimum atomic E-state index is -0.527. The Balaban J connectivity index is 0.807. The first-order valence-electron chi connectivity index (χ1n) is 20.3. The summed E-state index contributed by atoms with van der Waals surface area (Å²) in [5.74, 6) is 1.80. The van der Waals surface area contributed by atoms with E-state index in [-0.39, 0.29) is 35.8 Å². The van der Waals surface area contributed by atoms with E-state index in [1.54, 1.807) is 24.2 Å². The van der Waals surface area contributed by atoms with E-state index in [4.69, 9.17) is 19.2 Å². The molecule has 1 aromatic heterocycles. The van der Waals surface area contributed by atoms with E-state index in [2.05, 4.69) is 77.3 Å². The van der Waals surface area contributed by atoms with Gasteiger partial charge in [-0.2, -0.15) is 0 Å². The molecule has 1 atom stereocenters. The van der Waals surface area contributed by atoms with Crippen molar-refractivity contribution in [2.45, 2.75) is 82.6 Å². The number of imide groups is 1. The largest absolute Gasteiger partial charge is 0.490 e. The van der Waals surface area contributed by atoms with Crippen LogP contribution in [0.25, 0.3) is 5.70 Å². The van der Waals surface area contributed by atoms with Crippen molar-refractivity contribution >= 4 is 35.4 Å². The summed E-state index contributed by atoms with van der Waals surface area (Å²) in [6.07, 6.45) is 7.10. The van der Waals surface area contributed by atoms with Crippen LogP contribution in [0.3, 0.4) is 0 Å². The maximum absolute atomic E-state index is 12.5. The zero-order valence-electron chi connectivity index (χ0n) is 33.5. The molecule has 1 unspecified atom stereocenters. The van der Waals surface area contributed by atoms with E-state index in [1.807, 2.05) is 30.3 Å². The predicted molar refractivity (Wildman–Crippen MR) is 222 cm³/mol. The molecule has 2 N–H and O–H groups in total. The third-order valence-corrected chi connectivity index (χ3v) is 12.3. The van der Waals surface area contributed by atoms with Crippen LogP contribution in [-0.4, -0.2) is 84.5 Å². The van der Waals surface area contributed by atoms with Gasteiger partial charge in [0.2, 0.25) is 17.8 Å². The van der Waals surface area contributed by atoms with Crippen LogP contribution in [0.1, 0.15) is 85.1 Å². The standard InChI is InChI=1S/C46H52N6O6/c1-30(51(4)41-19-20-42(54)50-43(41)55)40-23-35(10-5-31(40)24-53)48-34-11-17-39(18-12-34)58-38-15-8-33(9-16-38)45(2,3)32-6-13-37(14-7-32)57-25-36-21-22-47-44(49-36)52-26-46(27-52)28-56-29-46/h5-10,13-16,21-24,34,39,41,48H,1,11-12,17-20,25-29H2,2-4H3,(H,50,54,55). The summed E-state index contributed by atoms with van der Waals surface area (Å²) in [5, 5.41) is 6.04. The Labute approximate surface area is 340 Å². The Morgan fingerprint density at radius 2 is 1.67 bits per heavy atom. The monoisotopic (exact) mass is 784 g/mol. The average molecular weight is 785 g/mol. The Morgan fingerprint density at radius 3 is 2.31 bits per heavy atom. The summed E-state index contributed by atoms with van der Waals surface area (Å²) in [7, 11) is 1.77. The predicted octanol–water partition coefficient (Wildman–Crippen LogP) is 6.54. The van der Waals surface area contributed by atoms with Gasteiger partial charge in [0.1, 0.15) is 24.1 Å². The van der Waals surface area contributed by atoms with Gasteiger partial charge in [-0.1, -0.05) is 44.7 Å². The van der Waals surface area contributed by atoms with Crippen molar-refractivity contribution in [3.63, 3.8) is 0 Å². The summed E-state index contributed by atoms with van der Waals surface area (Å²) in [6, 6.07) is 24.0. The first kappa shape index (κ1) is 39.1. The Hall–Kier alpha value is -5.75. The number of nitrogens with zero attached hydrogens (tertiary/aromatic N) is 4. The minimum Gasteiger partial charge on any atom is -0.490 e. The van der Waals surface area contributed by atoms with Gasteiger partial charge in [0.25, 0.3) is 0 Å². The number of aldehydes is 1. The topological polar surface area (TPSA) is 135 Å². The van der Waals surface area contributed by atoms with E-state index in [1.165, 1.54) is 11.1 Å². The molecule has 1 aliphatic carbocycles. The van der Waals surface area contributed by atoms with Gasteiger partial charge in [0, 0.05) is 66.7 Å². The van der Waals surface area contributed by atoms with E-state index < -0.39 is 6.04 Å². The Bertz CT molecular complexity index is 2150. The number of likely N-dealkylation sites (N-methyl/N-ethyl adjacent to an activating group) is 1. The van der Waals surface area contributed by atoms with E-state index >= 15 is 0 Å². The fourth-order valence-electron chi connectivity index (χ4n) is 8.52. The summed E-state index contributed by atoms with van der Waals surface area (Å²) in [5.41, 5.74) is 5.92. The van der Waals surface area contributed by atoms with Gasteiger partial charge in [-0.25, -0.2) is 9.97 Å². The summed E-state index contributed by atoms with van der Waals surface area (Å²) in [4.78, 5) is 49.3. The third-order valence-electron chi connectivity index (χ3n) is 12.3. The second kappa shape index (κ2) is 16.2. The normalized spacial score (nSPS) is 21.3. The van der Waals surface area contributed by atoms with E-state index in [0.29, 0.717) is 35.3 Å². The molecule has 1 spiro atoms. The van der Waals surface area contributed by atoms with Crippen molar-refractivity contribution < 1.29 is 28.6 Å². The number of piperidine rings is 1. The summed E-state index contributed by atoms with van der Waals surface area (Å²) >= 11 is 0. The number of benzene rings is 3. The van der Waals surface area contributed by atoms with Gasteiger partial charge in [0.05, 0.1) is 30.4 Å². The molecule has 4 fully saturated rings. The highest BCUT2D eigenvalue weighted by Crippen LogP contribution is 2.39. The molecule has 1 saturated carbocycles. The fourth-order valence-corrected chi connectivity index (χ4v) is 8.52. The molecule has 302 valence electrons. The minimum absolute atomic E-state index is 0.124. The number of aromatic nitrogens is 2. The molecule has 2 amide bonds. The lowest BCUT2D eigenvalue weighted by molar-refractivity contribution is -0.136. The number of carbonyl (C=O) groups is 3. The first-order valence-corrected chi connectivity index (χ1v) is 20.3. The van der Waals surface area contributed by atoms with Crippen LogP contribution in [0.4, 0.5) is 11.6 Å². The quantitative estimate of drug-likeness (QED) is 0.107. The number of rotatable bonds is 14. The molecule has 12 heteroatoms. The average Bonchev–Trinajstić information content (AvgIpc) is 3.20. The lowest BCUT2D eigenvalue weighted by atomic mass is 9.78. The number of carbonyl (C=O) groups excluding carboxylic acids is 3. The Kier molecular flexibility index (Phi) is 11.0. The summed E-state index contributed by atoms with van der Waals surface area (Å²) in [6.45, 7) is 12.6. The molecule has 3 aliphatic heterocycles. The van der Waals surface area contributed by atoms with Crippen molar-refractivity contribution in [1.82, 2.24) is 20.2 Å². The fraction of sp³-hybridized carbons (Fsp3) is 0.413. The van der Waals surface area contributed by atoms with Crippen molar-refractivity contribution in [2.24, 2.45) is 5.41 Å². The van der Waals surface area contributed by atoms with Gasteiger partial charge in [-0.15, -0.1) is 0 Å². The molecular weight excluding hydrogens is 733 g/mol. The van der Waals surface area contributed by atoms with Crippen LogP contribution in [0.15, 0.2) is 85.6 Å². The van der Waals surface area contributed by atoms with E-state index in [9.17, 15) is 14.4 Å². The van der Waals surface area contributed by atoms with Crippen molar-refractivity contribution in [2.75, 3.05) is 43.6 Å². The van der Waals surface area contributed by atoms with Gasteiger partial charge >= 0.3 is 0 Å². The third kappa shape index (κ3) is 8.29. The van der Waals surface area contributed by atoms with Crippen LogP contribution < -0.4 is 25.0 Å². The molecular formula is C46H52N6O6. The second-order valence-corrected chi connectivity index (χ2v) is 16.8. The van der Waals surface area contributed by atoms with Crippen LogP contribution >= 0.6 is 0 Å². The first-order chi connectivity index (χ1) is 28.0. The zero-order chi connectivity index (χ0) is 40.4. The van der Waals surface area contributed by atoms with Gasteiger partial charge in [0.15, 0.2) is 6.29 Å². The highest BCUT2D eigenvalue weighted by molar-refractivity contribution is 6.01. The lowest BCUT2D eigenvalue weighted by Gasteiger charge is -2.54. The maximum Gasteiger partial charge on any atom is 0.249 e. The number of amides is 2. The van der Waals surface area contributed by atoms with Crippen LogP contribution in [0.2, 0.25) is 0 Å². The van der Waals surface area contributed by atoms with Gasteiger partial charge < -0.3 is 29.3 Å². The van der Waals surface area contributed by atoms with E-state index in [0.717, 1.165) is 87.1 Å². The number of nitrogens with one attached hydrogen (secondary N) is 2. The summed E-state index contributed by atoms with van der Waals surface area (Å²) < 4.78 is 18.0. The van der Waals surface area contributed by atoms with Crippen molar-refractivity contribution in [3.05, 3.63) is 114 Å². The molecule has 0 radical (unpaired) electrons. The maximum atomic E-state index is 12.5. The second-order valence-electron chi connectivity index (χ2n) is 16.8. The number of hydrogen-bond donors (Lipinski definition) is 2. The van der Waals surface area contributed by atoms with Crippen LogP contribution in [0.5, 0.6) is 11.5 Å². The number of ether oxygens (including phenoxy) is 3. The van der Waals surface area contributed by atoms with Crippen LogP contribution in [0, 0.1) is 5.41 Å². The van der Waals surface area contributed by atoms with Gasteiger partial charge in [-0.3, -0.25) is 19.7 Å². The number of hydrogen-bond acceptors (Lipinski definition) is 11. The molecule has 12 nitrogen and oxygen atoms in total. The molecule has 3 saturated heterocycles. The highest BCUT2D eigenvalue weighted by Gasteiger charge is 2.50. The molecule has 4 aromatic rings. The van der Waals surface area contributed by atoms with Crippen molar-refractivity contribution in [3.8, 4) is 11.5 Å². The highest BCUT2D eigenvalue weighted by atomic mass is 16.5. The zero-order valence-corrected chi connectivity index (χ0v) is 33.5. The van der Waals surface area contributed by atoms with Crippen molar-refractivity contribution in [1.29, 1.82) is 0 Å². The molecule has 58 heavy (non-hydrogen) atoms.